The standard InChI is InChI=1S/C11H9Br3N2S/c1-5-10(17-11(15)16-5)4-7-8(13)2-6(12)3-9(7)14/h2-3H,4H2,1H3,(H2,15,16). The molecule has 0 amide bonds. The minimum absolute atomic E-state index is 0.627. The SMILES string of the molecule is Cc1nc(N)sc1Cc1c(Br)cc(Br)cc1Br. The second kappa shape index (κ2) is 5.38. The van der Waals surface area contributed by atoms with Crippen LogP contribution in [0.5, 0.6) is 0 Å². The molecule has 6 heteroatoms. The van der Waals surface area contributed by atoms with E-state index in [0.717, 1.165) is 25.5 Å². The number of rotatable bonds is 2. The van der Waals surface area contributed by atoms with Crippen molar-refractivity contribution in [3.63, 3.8) is 0 Å². The molecule has 2 rings (SSSR count). The maximum Gasteiger partial charge on any atom is 0.180 e. The lowest BCUT2D eigenvalue weighted by atomic mass is 10.1. The van der Waals surface area contributed by atoms with Gasteiger partial charge in [-0.1, -0.05) is 47.8 Å². The van der Waals surface area contributed by atoms with Crippen molar-refractivity contribution in [3.05, 3.63) is 41.7 Å². The molecule has 0 spiro atoms. The number of hydrogen-bond donors (Lipinski definition) is 1. The second-order valence-corrected chi connectivity index (χ2v) is 7.33. The summed E-state index contributed by atoms with van der Waals surface area (Å²) in [6.45, 7) is 1.99. The molecule has 0 aliphatic heterocycles. The smallest absolute Gasteiger partial charge is 0.180 e. The second-order valence-electron chi connectivity index (χ2n) is 3.59. The predicted octanol–water partition coefficient (Wildman–Crippen LogP) is 4.91. The number of nitrogens with zero attached hydrogens (tertiary/aromatic N) is 1. The Balaban J connectivity index is 2.39. The fraction of sp³-hybridized carbons (Fsp3) is 0.182. The summed E-state index contributed by atoms with van der Waals surface area (Å²) in [6, 6.07) is 4.08. The summed E-state index contributed by atoms with van der Waals surface area (Å²) < 4.78 is 3.19. The van der Waals surface area contributed by atoms with Crippen molar-refractivity contribution >= 4 is 64.3 Å². The maximum absolute atomic E-state index is 5.71. The van der Waals surface area contributed by atoms with Gasteiger partial charge in [-0.25, -0.2) is 4.98 Å². The predicted molar refractivity (Wildman–Crippen MR) is 83.6 cm³/mol. The van der Waals surface area contributed by atoms with Gasteiger partial charge < -0.3 is 5.73 Å². The third-order valence-corrected chi connectivity index (χ3v) is 5.21. The van der Waals surface area contributed by atoms with Crippen LogP contribution in [0.25, 0.3) is 0 Å². The molecular weight excluding hydrogens is 432 g/mol. The van der Waals surface area contributed by atoms with E-state index in [2.05, 4.69) is 52.8 Å². The van der Waals surface area contributed by atoms with Crippen molar-refractivity contribution < 1.29 is 0 Å². The van der Waals surface area contributed by atoms with Crippen molar-refractivity contribution in [1.29, 1.82) is 0 Å². The van der Waals surface area contributed by atoms with Gasteiger partial charge in [-0.05, 0) is 24.6 Å². The Morgan fingerprint density at radius 3 is 2.29 bits per heavy atom. The van der Waals surface area contributed by atoms with Gasteiger partial charge in [-0.2, -0.15) is 0 Å². The van der Waals surface area contributed by atoms with Crippen LogP contribution in [0.2, 0.25) is 0 Å². The van der Waals surface area contributed by atoms with Crippen LogP contribution in [0.1, 0.15) is 16.1 Å². The molecule has 0 aliphatic carbocycles. The Morgan fingerprint density at radius 1 is 1.24 bits per heavy atom. The number of aryl methyl sites for hydroxylation is 1. The number of anilines is 1. The van der Waals surface area contributed by atoms with E-state index >= 15 is 0 Å². The number of benzene rings is 1. The molecule has 17 heavy (non-hydrogen) atoms. The third kappa shape index (κ3) is 3.10. The quantitative estimate of drug-likeness (QED) is 0.720. The lowest BCUT2D eigenvalue weighted by Gasteiger charge is -2.07. The van der Waals surface area contributed by atoms with Crippen LogP contribution in [-0.2, 0) is 6.42 Å². The number of aromatic nitrogens is 1. The lowest BCUT2D eigenvalue weighted by molar-refractivity contribution is 1.13. The number of thiazole rings is 1. The first-order chi connectivity index (χ1) is 7.97. The fourth-order valence-corrected chi connectivity index (χ4v) is 4.90. The average molecular weight is 441 g/mol. The molecule has 1 aromatic carbocycles. The van der Waals surface area contributed by atoms with E-state index < -0.39 is 0 Å². The molecule has 90 valence electrons. The van der Waals surface area contributed by atoms with E-state index in [9.17, 15) is 0 Å². The Morgan fingerprint density at radius 2 is 1.82 bits per heavy atom. The Hall–Kier alpha value is 0.0900. The normalized spacial score (nSPS) is 10.8. The molecule has 0 unspecified atom stereocenters. The first kappa shape index (κ1) is 13.5. The van der Waals surface area contributed by atoms with Gasteiger partial charge in [0.05, 0.1) is 5.69 Å². The topological polar surface area (TPSA) is 38.9 Å². The molecule has 1 heterocycles. The van der Waals surface area contributed by atoms with Gasteiger partial charge in [0, 0.05) is 24.7 Å². The van der Waals surface area contributed by atoms with Crippen LogP contribution in [0.3, 0.4) is 0 Å². The molecule has 2 aromatic rings. The summed E-state index contributed by atoms with van der Waals surface area (Å²) in [5.74, 6) is 0. The van der Waals surface area contributed by atoms with Gasteiger partial charge in [-0.15, -0.1) is 11.3 Å². The van der Waals surface area contributed by atoms with Gasteiger partial charge in [0.25, 0.3) is 0 Å². The molecule has 0 saturated heterocycles. The van der Waals surface area contributed by atoms with Gasteiger partial charge in [0.2, 0.25) is 0 Å². The van der Waals surface area contributed by atoms with Gasteiger partial charge in [-0.3, -0.25) is 0 Å². The maximum atomic E-state index is 5.71. The summed E-state index contributed by atoms with van der Waals surface area (Å²) in [4.78, 5) is 5.44. The minimum Gasteiger partial charge on any atom is -0.375 e. The highest BCUT2D eigenvalue weighted by Gasteiger charge is 2.12. The number of halogens is 3. The zero-order chi connectivity index (χ0) is 12.6. The highest BCUT2D eigenvalue weighted by Crippen LogP contribution is 2.33. The molecule has 0 atom stereocenters. The molecular formula is C11H9Br3N2S. The van der Waals surface area contributed by atoms with E-state index in [1.165, 1.54) is 10.4 Å². The molecule has 1 aromatic heterocycles. The molecule has 0 fully saturated rings. The third-order valence-electron chi connectivity index (χ3n) is 2.35. The van der Waals surface area contributed by atoms with Crippen molar-refractivity contribution in [3.8, 4) is 0 Å². The Kier molecular flexibility index (Phi) is 4.28. The summed E-state index contributed by atoms with van der Waals surface area (Å²) in [7, 11) is 0. The zero-order valence-corrected chi connectivity index (χ0v) is 14.5. The van der Waals surface area contributed by atoms with Crippen molar-refractivity contribution in [2.45, 2.75) is 13.3 Å². The van der Waals surface area contributed by atoms with E-state index in [1.54, 1.807) is 11.3 Å². The highest BCUT2D eigenvalue weighted by atomic mass is 79.9. The summed E-state index contributed by atoms with van der Waals surface area (Å²) in [5, 5.41) is 0.627. The van der Waals surface area contributed by atoms with E-state index in [4.69, 9.17) is 5.73 Å². The number of nitrogen functional groups attached to an aromatic ring is 1. The van der Waals surface area contributed by atoms with Crippen LogP contribution in [-0.4, -0.2) is 4.98 Å². The summed E-state index contributed by atoms with van der Waals surface area (Å²) >= 11 is 12.2. The van der Waals surface area contributed by atoms with E-state index in [1.807, 2.05) is 19.1 Å². The molecule has 0 bridgehead atoms. The average Bonchev–Trinajstić information content (AvgIpc) is 2.51. The lowest BCUT2D eigenvalue weighted by Crippen LogP contribution is -1.91. The van der Waals surface area contributed by atoms with Crippen LogP contribution in [0.15, 0.2) is 25.6 Å². The molecule has 0 aliphatic rings. The largest absolute Gasteiger partial charge is 0.375 e. The molecule has 2 nitrogen and oxygen atoms in total. The van der Waals surface area contributed by atoms with Crippen molar-refractivity contribution in [2.24, 2.45) is 0 Å². The van der Waals surface area contributed by atoms with E-state index in [-0.39, 0.29) is 0 Å². The van der Waals surface area contributed by atoms with E-state index in [0.29, 0.717) is 5.13 Å². The van der Waals surface area contributed by atoms with Gasteiger partial charge in [0.15, 0.2) is 5.13 Å². The van der Waals surface area contributed by atoms with Crippen molar-refractivity contribution in [1.82, 2.24) is 4.98 Å². The van der Waals surface area contributed by atoms with Crippen LogP contribution in [0, 0.1) is 6.92 Å². The minimum atomic E-state index is 0.627. The number of nitrogens with two attached hydrogens (primary N) is 1. The Bertz CT molecular complexity index is 543. The highest BCUT2D eigenvalue weighted by molar-refractivity contribution is 9.11. The first-order valence-electron chi connectivity index (χ1n) is 4.82. The zero-order valence-electron chi connectivity index (χ0n) is 8.93. The Labute approximate surface area is 129 Å². The fourth-order valence-electron chi connectivity index (χ4n) is 1.52. The summed E-state index contributed by atoms with van der Waals surface area (Å²) in [6.07, 6.45) is 0.829. The van der Waals surface area contributed by atoms with Gasteiger partial charge in [0.1, 0.15) is 0 Å². The molecule has 2 N–H and O–H groups in total. The molecule has 0 saturated carbocycles. The molecule has 0 radical (unpaired) electrons. The van der Waals surface area contributed by atoms with Gasteiger partial charge >= 0.3 is 0 Å². The number of hydrogen-bond acceptors (Lipinski definition) is 3. The monoisotopic (exact) mass is 438 g/mol. The van der Waals surface area contributed by atoms with Crippen LogP contribution in [0.4, 0.5) is 5.13 Å². The summed E-state index contributed by atoms with van der Waals surface area (Å²) in [5.41, 5.74) is 7.93. The van der Waals surface area contributed by atoms with Crippen LogP contribution >= 0.6 is 59.1 Å². The first-order valence-corrected chi connectivity index (χ1v) is 8.02. The van der Waals surface area contributed by atoms with Crippen molar-refractivity contribution in [2.75, 3.05) is 5.73 Å². The van der Waals surface area contributed by atoms with Crippen LogP contribution < -0.4 is 5.73 Å².